The Hall–Kier alpha value is -3.99. The summed E-state index contributed by atoms with van der Waals surface area (Å²) in [5.74, 6) is -0.0604. The normalized spacial score (nSPS) is 18.2. The number of amides is 3. The van der Waals surface area contributed by atoms with Crippen molar-refractivity contribution in [2.24, 2.45) is 0 Å². The van der Waals surface area contributed by atoms with Crippen LogP contribution in [-0.4, -0.2) is 69.0 Å². The van der Waals surface area contributed by atoms with Crippen molar-refractivity contribution in [3.63, 3.8) is 0 Å². The number of carbonyl (C=O) groups excluding carboxylic acids is 3. The first-order chi connectivity index (χ1) is 20.8. The fourth-order valence-electron chi connectivity index (χ4n) is 5.79. The number of aromatic nitrogens is 2. The Kier molecular flexibility index (Phi) is 8.71. The number of halogens is 1. The highest BCUT2D eigenvalue weighted by Crippen LogP contribution is 2.31. The van der Waals surface area contributed by atoms with E-state index in [1.807, 2.05) is 46.8 Å². The fourth-order valence-corrected chi connectivity index (χ4v) is 6.03. The number of benzene rings is 2. The molecule has 2 aromatic carbocycles. The number of hydrogen-bond acceptors (Lipinski definition) is 6. The van der Waals surface area contributed by atoms with Gasteiger partial charge in [-0.3, -0.25) is 19.0 Å². The first-order valence-electron chi connectivity index (χ1n) is 14.8. The first kappa shape index (κ1) is 31.4. The molecule has 3 amide bonds. The number of hydrogen-bond donors (Lipinski definition) is 1. The minimum atomic E-state index is -0.631. The predicted octanol–water partition coefficient (Wildman–Crippen LogP) is 4.97. The van der Waals surface area contributed by atoms with Crippen LogP contribution in [0.3, 0.4) is 0 Å². The summed E-state index contributed by atoms with van der Waals surface area (Å²) in [6.07, 6.45) is 0.545. The van der Waals surface area contributed by atoms with Crippen LogP contribution in [0.25, 0.3) is 5.69 Å². The molecule has 0 aliphatic carbocycles. The van der Waals surface area contributed by atoms with Crippen molar-refractivity contribution in [3.05, 3.63) is 91.1 Å². The zero-order valence-electron chi connectivity index (χ0n) is 25.9. The Morgan fingerprint density at radius 3 is 2.39 bits per heavy atom. The lowest BCUT2D eigenvalue weighted by Gasteiger charge is -2.35. The zero-order valence-corrected chi connectivity index (χ0v) is 27.5. The van der Waals surface area contributed by atoms with Crippen LogP contribution >= 0.6 is 15.9 Å². The molecule has 2 aliphatic heterocycles. The topological polar surface area (TPSA) is 114 Å². The van der Waals surface area contributed by atoms with Gasteiger partial charge in [0.1, 0.15) is 11.4 Å². The van der Waals surface area contributed by atoms with Gasteiger partial charge < -0.3 is 19.9 Å². The van der Waals surface area contributed by atoms with E-state index >= 15 is 0 Å². The molecule has 1 unspecified atom stereocenters. The molecule has 1 saturated heterocycles. The monoisotopic (exact) mass is 663 g/mol. The standard InChI is InChI=1S/C33H38BrN5O5/c1-19-15-22(9-12-26(19)34)30(41)38-18-27-25(16-20(38)2)31(42)39(24-10-7-21(8-11-24)29(40)35-6)28(36-27)23-13-14-37(17-23)32(43)44-33(3,4)5/h7-12,15,20,23H,13-14,16-18H2,1-6H3,(H,35,40)/t20-,23?/m0/s1. The summed E-state index contributed by atoms with van der Waals surface area (Å²) in [4.78, 5) is 61.5. The lowest BCUT2D eigenvalue weighted by molar-refractivity contribution is 0.0291. The highest BCUT2D eigenvalue weighted by molar-refractivity contribution is 9.10. The van der Waals surface area contributed by atoms with Crippen molar-refractivity contribution in [3.8, 4) is 5.69 Å². The maximum absolute atomic E-state index is 14.3. The van der Waals surface area contributed by atoms with Gasteiger partial charge in [-0.1, -0.05) is 15.9 Å². The van der Waals surface area contributed by atoms with Crippen molar-refractivity contribution in [1.29, 1.82) is 0 Å². The van der Waals surface area contributed by atoms with E-state index in [1.54, 1.807) is 51.7 Å². The van der Waals surface area contributed by atoms with E-state index < -0.39 is 11.7 Å². The average molecular weight is 665 g/mol. The Morgan fingerprint density at radius 2 is 1.75 bits per heavy atom. The third kappa shape index (κ3) is 6.29. The van der Waals surface area contributed by atoms with Crippen molar-refractivity contribution < 1.29 is 19.1 Å². The molecular weight excluding hydrogens is 626 g/mol. The number of nitrogens with one attached hydrogen (secondary N) is 1. The van der Waals surface area contributed by atoms with Crippen molar-refractivity contribution >= 4 is 33.8 Å². The van der Waals surface area contributed by atoms with Crippen LogP contribution in [0, 0.1) is 6.92 Å². The first-order valence-corrected chi connectivity index (χ1v) is 15.6. The number of aryl methyl sites for hydroxylation is 1. The van der Waals surface area contributed by atoms with Crippen LogP contribution in [0.2, 0.25) is 0 Å². The molecule has 44 heavy (non-hydrogen) atoms. The Morgan fingerprint density at radius 1 is 1.07 bits per heavy atom. The second kappa shape index (κ2) is 12.2. The van der Waals surface area contributed by atoms with Gasteiger partial charge in [-0.15, -0.1) is 0 Å². The smallest absolute Gasteiger partial charge is 0.410 e. The summed E-state index contributed by atoms with van der Waals surface area (Å²) in [7, 11) is 1.57. The molecule has 1 fully saturated rings. The van der Waals surface area contributed by atoms with Gasteiger partial charge in [0.05, 0.1) is 17.9 Å². The van der Waals surface area contributed by atoms with Crippen LogP contribution in [0.4, 0.5) is 4.79 Å². The Labute approximate surface area is 265 Å². The second-order valence-electron chi connectivity index (χ2n) is 12.5. The molecule has 1 N–H and O–H groups in total. The van der Waals surface area contributed by atoms with Gasteiger partial charge in [0.15, 0.2) is 0 Å². The molecule has 0 spiro atoms. The van der Waals surface area contributed by atoms with Gasteiger partial charge in [-0.05, 0) is 95.5 Å². The largest absolute Gasteiger partial charge is 0.444 e. The molecule has 0 bridgehead atoms. The van der Waals surface area contributed by atoms with Crippen LogP contribution in [0.1, 0.15) is 83.4 Å². The summed E-state index contributed by atoms with van der Waals surface area (Å²) < 4.78 is 8.14. The summed E-state index contributed by atoms with van der Waals surface area (Å²) >= 11 is 3.50. The van der Waals surface area contributed by atoms with Crippen LogP contribution in [0.5, 0.6) is 0 Å². The molecule has 0 saturated carbocycles. The van der Waals surface area contributed by atoms with E-state index in [0.717, 1.165) is 10.0 Å². The quantitative estimate of drug-likeness (QED) is 0.422. The maximum Gasteiger partial charge on any atom is 0.410 e. The van der Waals surface area contributed by atoms with E-state index in [2.05, 4.69) is 21.2 Å². The second-order valence-corrected chi connectivity index (χ2v) is 13.4. The molecule has 10 nitrogen and oxygen atoms in total. The minimum Gasteiger partial charge on any atom is -0.444 e. The van der Waals surface area contributed by atoms with Crippen molar-refractivity contribution in [2.45, 2.75) is 71.6 Å². The maximum atomic E-state index is 14.3. The summed E-state index contributed by atoms with van der Waals surface area (Å²) in [6, 6.07) is 12.1. The number of carbonyl (C=O) groups is 3. The minimum absolute atomic E-state index is 0.118. The Bertz CT molecular complexity index is 1680. The average Bonchev–Trinajstić information content (AvgIpc) is 3.48. The van der Waals surface area contributed by atoms with E-state index in [9.17, 15) is 19.2 Å². The molecule has 11 heteroatoms. The van der Waals surface area contributed by atoms with Gasteiger partial charge in [-0.2, -0.15) is 0 Å². The molecule has 0 radical (unpaired) electrons. The lowest BCUT2D eigenvalue weighted by Crippen LogP contribution is -2.46. The van der Waals surface area contributed by atoms with E-state index in [4.69, 9.17) is 9.72 Å². The molecule has 1 aromatic heterocycles. The van der Waals surface area contributed by atoms with Crippen LogP contribution in [-0.2, 0) is 17.7 Å². The molecule has 3 aromatic rings. The van der Waals surface area contributed by atoms with Crippen LogP contribution < -0.4 is 10.9 Å². The Balaban J connectivity index is 1.55. The fraction of sp³-hybridized carbons (Fsp3) is 0.424. The zero-order chi connectivity index (χ0) is 31.9. The molecule has 2 aliphatic rings. The molecule has 3 heterocycles. The van der Waals surface area contributed by atoms with Crippen molar-refractivity contribution in [2.75, 3.05) is 20.1 Å². The number of likely N-dealkylation sites (tertiary alicyclic amines) is 1. The van der Waals surface area contributed by atoms with Gasteiger partial charge >= 0.3 is 6.09 Å². The number of rotatable bonds is 4. The SMILES string of the molecule is CNC(=O)c1ccc(-n2c(C3CCN(C(=O)OC(C)(C)C)C3)nc3c(c2=O)C[C@H](C)N(C(=O)c2ccc(Br)c(C)c2)C3)cc1. The molecule has 232 valence electrons. The summed E-state index contributed by atoms with van der Waals surface area (Å²) in [5.41, 5.74) is 2.89. The molecule has 2 atom stereocenters. The van der Waals surface area contributed by atoms with Gasteiger partial charge in [0, 0.05) is 53.3 Å². The van der Waals surface area contributed by atoms with Crippen LogP contribution in [0.15, 0.2) is 51.7 Å². The van der Waals surface area contributed by atoms with E-state index in [-0.39, 0.29) is 35.9 Å². The molecule has 5 rings (SSSR count). The van der Waals surface area contributed by atoms with Crippen molar-refractivity contribution in [1.82, 2.24) is 24.7 Å². The van der Waals surface area contributed by atoms with E-state index in [1.165, 1.54) is 0 Å². The summed E-state index contributed by atoms with van der Waals surface area (Å²) in [6.45, 7) is 10.4. The third-order valence-corrected chi connectivity index (χ3v) is 9.02. The number of nitrogens with zero attached hydrogens (tertiary/aromatic N) is 4. The predicted molar refractivity (Wildman–Crippen MR) is 170 cm³/mol. The number of fused-ring (bicyclic) bond motifs is 1. The van der Waals surface area contributed by atoms with Gasteiger partial charge in [0.2, 0.25) is 0 Å². The third-order valence-electron chi connectivity index (χ3n) is 8.13. The van der Waals surface area contributed by atoms with Gasteiger partial charge in [-0.25, -0.2) is 9.78 Å². The summed E-state index contributed by atoms with van der Waals surface area (Å²) in [5, 5.41) is 2.61. The lowest BCUT2D eigenvalue weighted by atomic mass is 9.97. The highest BCUT2D eigenvalue weighted by Gasteiger charge is 2.36. The van der Waals surface area contributed by atoms with E-state index in [0.29, 0.717) is 59.8 Å². The number of ether oxygens (including phenoxy) is 1. The highest BCUT2D eigenvalue weighted by atomic mass is 79.9. The molecular formula is C33H38BrN5O5. The van der Waals surface area contributed by atoms with Gasteiger partial charge in [0.25, 0.3) is 17.4 Å².